The SMILES string of the molecule is Nc1c[nH]c(C(=O)NCc2ccoc2)c1. The molecule has 0 bridgehead atoms. The predicted molar refractivity (Wildman–Crippen MR) is 55.1 cm³/mol. The number of amides is 1. The summed E-state index contributed by atoms with van der Waals surface area (Å²) < 4.78 is 4.88. The number of carbonyl (C=O) groups is 1. The number of carbonyl (C=O) groups excluding carboxylic acids is 1. The second kappa shape index (κ2) is 3.91. The van der Waals surface area contributed by atoms with Crippen LogP contribution in [0.3, 0.4) is 0 Å². The van der Waals surface area contributed by atoms with Crippen LogP contribution in [-0.4, -0.2) is 10.9 Å². The number of rotatable bonds is 3. The summed E-state index contributed by atoms with van der Waals surface area (Å²) in [5, 5.41) is 2.73. The van der Waals surface area contributed by atoms with E-state index in [-0.39, 0.29) is 5.91 Å². The minimum absolute atomic E-state index is 0.187. The van der Waals surface area contributed by atoms with Gasteiger partial charge in [0.05, 0.1) is 12.5 Å². The van der Waals surface area contributed by atoms with Crippen molar-refractivity contribution in [2.75, 3.05) is 5.73 Å². The monoisotopic (exact) mass is 205 g/mol. The third kappa shape index (κ3) is 2.19. The summed E-state index contributed by atoms with van der Waals surface area (Å²) in [6.45, 7) is 0.439. The molecule has 0 aliphatic carbocycles. The first-order chi connectivity index (χ1) is 7.25. The van der Waals surface area contributed by atoms with E-state index in [1.165, 1.54) is 0 Å². The maximum Gasteiger partial charge on any atom is 0.268 e. The van der Waals surface area contributed by atoms with Crippen LogP contribution in [0.1, 0.15) is 16.1 Å². The van der Waals surface area contributed by atoms with Gasteiger partial charge in [-0.15, -0.1) is 0 Å². The first-order valence-corrected chi connectivity index (χ1v) is 4.49. The zero-order valence-electron chi connectivity index (χ0n) is 7.99. The molecule has 2 aromatic heterocycles. The van der Waals surface area contributed by atoms with Crippen molar-refractivity contribution in [1.82, 2.24) is 10.3 Å². The Morgan fingerprint density at radius 2 is 2.47 bits per heavy atom. The zero-order valence-corrected chi connectivity index (χ0v) is 7.99. The molecule has 5 nitrogen and oxygen atoms in total. The number of hydrogen-bond donors (Lipinski definition) is 3. The van der Waals surface area contributed by atoms with Crippen molar-refractivity contribution in [1.29, 1.82) is 0 Å². The fraction of sp³-hybridized carbons (Fsp3) is 0.100. The average Bonchev–Trinajstić information content (AvgIpc) is 2.84. The van der Waals surface area contributed by atoms with Crippen LogP contribution in [-0.2, 0) is 6.54 Å². The van der Waals surface area contributed by atoms with Gasteiger partial charge in [-0.25, -0.2) is 0 Å². The average molecular weight is 205 g/mol. The van der Waals surface area contributed by atoms with Gasteiger partial charge in [-0.2, -0.15) is 0 Å². The minimum atomic E-state index is -0.187. The summed E-state index contributed by atoms with van der Waals surface area (Å²) >= 11 is 0. The molecule has 15 heavy (non-hydrogen) atoms. The number of nitrogens with one attached hydrogen (secondary N) is 2. The Morgan fingerprint density at radius 3 is 3.07 bits per heavy atom. The number of H-pyrrole nitrogens is 1. The van der Waals surface area contributed by atoms with E-state index in [0.717, 1.165) is 5.56 Å². The summed E-state index contributed by atoms with van der Waals surface area (Å²) in [5.41, 5.74) is 7.40. The molecule has 0 saturated carbocycles. The van der Waals surface area contributed by atoms with Gasteiger partial charge in [0.25, 0.3) is 5.91 Å². The fourth-order valence-electron chi connectivity index (χ4n) is 1.21. The van der Waals surface area contributed by atoms with E-state index in [9.17, 15) is 4.79 Å². The number of anilines is 1. The second-order valence-corrected chi connectivity index (χ2v) is 3.16. The van der Waals surface area contributed by atoms with Crippen molar-refractivity contribution in [3.63, 3.8) is 0 Å². The quantitative estimate of drug-likeness (QED) is 0.702. The molecule has 0 aromatic carbocycles. The van der Waals surface area contributed by atoms with Gasteiger partial charge in [0.1, 0.15) is 5.69 Å². The van der Waals surface area contributed by atoms with Crippen molar-refractivity contribution >= 4 is 11.6 Å². The minimum Gasteiger partial charge on any atom is -0.472 e. The molecule has 0 saturated heterocycles. The van der Waals surface area contributed by atoms with Crippen molar-refractivity contribution < 1.29 is 9.21 Å². The number of nitrogen functional groups attached to an aromatic ring is 1. The molecule has 0 aliphatic heterocycles. The molecule has 2 aromatic rings. The Bertz CT molecular complexity index is 445. The third-order valence-electron chi connectivity index (χ3n) is 1.98. The van der Waals surface area contributed by atoms with Crippen molar-refractivity contribution in [3.05, 3.63) is 42.1 Å². The number of furan rings is 1. The molecule has 5 heteroatoms. The van der Waals surface area contributed by atoms with Gasteiger partial charge < -0.3 is 20.5 Å². The molecule has 0 atom stereocenters. The van der Waals surface area contributed by atoms with Crippen LogP contribution in [0.5, 0.6) is 0 Å². The first-order valence-electron chi connectivity index (χ1n) is 4.49. The van der Waals surface area contributed by atoms with E-state index in [0.29, 0.717) is 17.9 Å². The predicted octanol–water partition coefficient (Wildman–Crippen LogP) is 1.12. The Hall–Kier alpha value is -2.17. The number of nitrogens with two attached hydrogens (primary N) is 1. The molecule has 2 rings (SSSR count). The van der Waals surface area contributed by atoms with Crippen LogP contribution >= 0.6 is 0 Å². The van der Waals surface area contributed by atoms with E-state index < -0.39 is 0 Å². The van der Waals surface area contributed by atoms with Crippen LogP contribution in [0.2, 0.25) is 0 Å². The van der Waals surface area contributed by atoms with Crippen LogP contribution in [0.25, 0.3) is 0 Å². The zero-order chi connectivity index (χ0) is 10.7. The molecule has 78 valence electrons. The highest BCUT2D eigenvalue weighted by molar-refractivity contribution is 5.93. The number of hydrogen-bond acceptors (Lipinski definition) is 3. The second-order valence-electron chi connectivity index (χ2n) is 3.16. The molecular formula is C10H11N3O2. The van der Waals surface area contributed by atoms with Crippen LogP contribution in [0.4, 0.5) is 5.69 Å². The fourth-order valence-corrected chi connectivity index (χ4v) is 1.21. The van der Waals surface area contributed by atoms with E-state index in [1.54, 1.807) is 30.9 Å². The summed E-state index contributed by atoms with van der Waals surface area (Å²) in [6, 6.07) is 3.38. The molecule has 0 spiro atoms. The lowest BCUT2D eigenvalue weighted by atomic mass is 10.3. The Labute approximate surface area is 86.3 Å². The Kier molecular flexibility index (Phi) is 2.45. The Morgan fingerprint density at radius 1 is 1.60 bits per heavy atom. The molecule has 0 unspecified atom stereocenters. The molecule has 0 aliphatic rings. The Balaban J connectivity index is 1.93. The van der Waals surface area contributed by atoms with E-state index in [4.69, 9.17) is 10.2 Å². The van der Waals surface area contributed by atoms with Crippen LogP contribution in [0, 0.1) is 0 Å². The van der Waals surface area contributed by atoms with Gasteiger partial charge in [0.2, 0.25) is 0 Å². The molecule has 1 amide bonds. The first kappa shape index (κ1) is 9.39. The van der Waals surface area contributed by atoms with E-state index >= 15 is 0 Å². The summed E-state index contributed by atoms with van der Waals surface area (Å²) in [7, 11) is 0. The van der Waals surface area contributed by atoms with Gasteiger partial charge in [0, 0.05) is 24.0 Å². The topological polar surface area (TPSA) is 84.0 Å². The highest BCUT2D eigenvalue weighted by Crippen LogP contribution is 2.05. The van der Waals surface area contributed by atoms with E-state index in [1.807, 2.05) is 0 Å². The van der Waals surface area contributed by atoms with E-state index in [2.05, 4.69) is 10.3 Å². The summed E-state index contributed by atoms with van der Waals surface area (Å²) in [6.07, 6.45) is 4.73. The van der Waals surface area contributed by atoms with Gasteiger partial charge in [-0.1, -0.05) is 0 Å². The number of aromatic amines is 1. The maximum absolute atomic E-state index is 11.5. The highest BCUT2D eigenvalue weighted by atomic mass is 16.3. The van der Waals surface area contributed by atoms with Crippen molar-refractivity contribution in [2.45, 2.75) is 6.54 Å². The lowest BCUT2D eigenvalue weighted by Crippen LogP contribution is -2.22. The molecule has 2 heterocycles. The largest absolute Gasteiger partial charge is 0.472 e. The summed E-state index contributed by atoms with van der Waals surface area (Å²) in [4.78, 5) is 14.3. The van der Waals surface area contributed by atoms with Crippen LogP contribution in [0.15, 0.2) is 35.3 Å². The molecule has 0 fully saturated rings. The van der Waals surface area contributed by atoms with Crippen LogP contribution < -0.4 is 11.1 Å². The molecule has 0 radical (unpaired) electrons. The van der Waals surface area contributed by atoms with Crippen molar-refractivity contribution in [3.8, 4) is 0 Å². The molecular weight excluding hydrogens is 194 g/mol. The van der Waals surface area contributed by atoms with Gasteiger partial charge in [-0.05, 0) is 12.1 Å². The van der Waals surface area contributed by atoms with Gasteiger partial charge in [-0.3, -0.25) is 4.79 Å². The maximum atomic E-state index is 11.5. The lowest BCUT2D eigenvalue weighted by molar-refractivity contribution is 0.0946. The van der Waals surface area contributed by atoms with Gasteiger partial charge in [0.15, 0.2) is 0 Å². The highest BCUT2D eigenvalue weighted by Gasteiger charge is 2.06. The third-order valence-corrected chi connectivity index (χ3v) is 1.98. The standard InChI is InChI=1S/C10H11N3O2/c11-8-3-9(12-5-8)10(14)13-4-7-1-2-15-6-7/h1-3,5-6,12H,4,11H2,(H,13,14). The normalized spacial score (nSPS) is 10.1. The smallest absolute Gasteiger partial charge is 0.268 e. The molecule has 4 N–H and O–H groups in total. The number of aromatic nitrogens is 1. The lowest BCUT2D eigenvalue weighted by Gasteiger charge is -2.00. The van der Waals surface area contributed by atoms with Gasteiger partial charge >= 0.3 is 0 Å². The van der Waals surface area contributed by atoms with Crippen molar-refractivity contribution in [2.24, 2.45) is 0 Å². The summed E-state index contributed by atoms with van der Waals surface area (Å²) in [5.74, 6) is -0.187.